The van der Waals surface area contributed by atoms with E-state index in [1.165, 1.54) is 29.5 Å². The highest BCUT2D eigenvalue weighted by molar-refractivity contribution is 7.92. The van der Waals surface area contributed by atoms with Crippen LogP contribution in [-0.2, 0) is 21.2 Å². The van der Waals surface area contributed by atoms with Gasteiger partial charge >= 0.3 is 0 Å². The van der Waals surface area contributed by atoms with E-state index in [0.717, 1.165) is 10.7 Å². The van der Waals surface area contributed by atoms with Gasteiger partial charge in [0.25, 0.3) is 15.9 Å². The first-order valence-corrected chi connectivity index (χ1v) is 12.8. The van der Waals surface area contributed by atoms with Gasteiger partial charge in [-0.25, -0.2) is 13.4 Å². The quantitative estimate of drug-likeness (QED) is 0.580. The number of thiazole rings is 1. The largest absolute Gasteiger partial charge is 0.339 e. The monoisotopic (exact) mass is 484 g/mol. The van der Waals surface area contributed by atoms with E-state index in [2.05, 4.69) is 9.71 Å². The first-order valence-electron chi connectivity index (χ1n) is 10.5. The molecule has 1 aromatic heterocycles. The number of amides is 2. The summed E-state index contributed by atoms with van der Waals surface area (Å²) in [6, 6.07) is 14.5. The van der Waals surface area contributed by atoms with Crippen molar-refractivity contribution in [2.45, 2.75) is 18.2 Å². The minimum Gasteiger partial charge on any atom is -0.339 e. The van der Waals surface area contributed by atoms with Crippen LogP contribution in [0, 0.1) is 6.92 Å². The third-order valence-electron chi connectivity index (χ3n) is 5.30. The fraction of sp³-hybridized carbons (Fsp3) is 0.261. The first kappa shape index (κ1) is 22.9. The van der Waals surface area contributed by atoms with E-state index in [4.69, 9.17) is 0 Å². The van der Waals surface area contributed by atoms with Gasteiger partial charge in [0, 0.05) is 48.5 Å². The van der Waals surface area contributed by atoms with Gasteiger partial charge in [-0.15, -0.1) is 11.3 Å². The van der Waals surface area contributed by atoms with Gasteiger partial charge in [-0.2, -0.15) is 0 Å². The molecule has 8 nitrogen and oxygen atoms in total. The molecule has 0 unspecified atom stereocenters. The van der Waals surface area contributed by atoms with Crippen LogP contribution >= 0.6 is 11.3 Å². The van der Waals surface area contributed by atoms with Crippen LogP contribution in [0.4, 0.5) is 5.69 Å². The number of aromatic nitrogens is 1. The van der Waals surface area contributed by atoms with Gasteiger partial charge in [0.05, 0.1) is 11.3 Å². The Morgan fingerprint density at radius 1 is 1.00 bits per heavy atom. The lowest BCUT2D eigenvalue weighted by Crippen LogP contribution is -2.51. The summed E-state index contributed by atoms with van der Waals surface area (Å²) in [5.41, 5.74) is 1.62. The standard InChI is InChI=1S/C23H24N4O4S2/c1-17-16-32-21(24-17)15-22(28)26-10-12-27(13-11-26)23(29)18-6-5-7-19(14-18)25-33(30,31)20-8-3-2-4-9-20/h2-9,14,16,25H,10-13,15H2,1H3. The van der Waals surface area contributed by atoms with Crippen LogP contribution in [-0.4, -0.2) is 61.2 Å². The van der Waals surface area contributed by atoms with E-state index in [1.54, 1.807) is 46.2 Å². The molecule has 1 fully saturated rings. The molecule has 0 bridgehead atoms. The predicted molar refractivity (Wildman–Crippen MR) is 127 cm³/mol. The smallest absolute Gasteiger partial charge is 0.261 e. The maximum Gasteiger partial charge on any atom is 0.261 e. The van der Waals surface area contributed by atoms with E-state index in [9.17, 15) is 18.0 Å². The molecule has 0 radical (unpaired) electrons. The molecule has 2 heterocycles. The van der Waals surface area contributed by atoms with Crippen molar-refractivity contribution in [1.82, 2.24) is 14.8 Å². The Balaban J connectivity index is 1.37. The van der Waals surface area contributed by atoms with E-state index in [1.807, 2.05) is 12.3 Å². The number of nitrogens with one attached hydrogen (secondary N) is 1. The third kappa shape index (κ3) is 5.58. The fourth-order valence-corrected chi connectivity index (χ4v) is 5.43. The van der Waals surface area contributed by atoms with Crippen LogP contribution in [0.1, 0.15) is 21.1 Å². The topological polar surface area (TPSA) is 99.7 Å². The summed E-state index contributed by atoms with van der Waals surface area (Å²) in [5, 5.41) is 2.72. The zero-order valence-corrected chi connectivity index (χ0v) is 19.7. The number of aryl methyl sites for hydroxylation is 1. The third-order valence-corrected chi connectivity index (χ3v) is 7.67. The molecule has 0 saturated carbocycles. The predicted octanol–water partition coefficient (Wildman–Crippen LogP) is 2.78. The van der Waals surface area contributed by atoms with Crippen molar-refractivity contribution < 1.29 is 18.0 Å². The van der Waals surface area contributed by atoms with Crippen LogP contribution in [0.5, 0.6) is 0 Å². The molecule has 1 N–H and O–H groups in total. The lowest BCUT2D eigenvalue weighted by molar-refractivity contribution is -0.131. The molecule has 0 aliphatic carbocycles. The molecule has 2 amide bonds. The van der Waals surface area contributed by atoms with Gasteiger partial charge in [0.15, 0.2) is 0 Å². The average Bonchev–Trinajstić information content (AvgIpc) is 3.23. The number of piperazine rings is 1. The Kier molecular flexibility index (Phi) is 6.75. The Labute approximate surface area is 196 Å². The summed E-state index contributed by atoms with van der Waals surface area (Å²) in [6.07, 6.45) is 0.274. The highest BCUT2D eigenvalue weighted by atomic mass is 32.2. The number of nitrogens with zero attached hydrogens (tertiary/aromatic N) is 3. The van der Waals surface area contributed by atoms with Crippen molar-refractivity contribution in [3.63, 3.8) is 0 Å². The zero-order valence-electron chi connectivity index (χ0n) is 18.1. The van der Waals surface area contributed by atoms with Crippen molar-refractivity contribution in [1.29, 1.82) is 0 Å². The number of hydrogen-bond donors (Lipinski definition) is 1. The molecule has 1 aliphatic rings. The number of rotatable bonds is 6. The van der Waals surface area contributed by atoms with Gasteiger partial charge < -0.3 is 9.80 Å². The van der Waals surface area contributed by atoms with E-state index >= 15 is 0 Å². The molecule has 33 heavy (non-hydrogen) atoms. The average molecular weight is 485 g/mol. The Morgan fingerprint density at radius 3 is 2.36 bits per heavy atom. The van der Waals surface area contributed by atoms with Crippen molar-refractivity contribution in [3.05, 3.63) is 76.2 Å². The Morgan fingerprint density at radius 2 is 1.70 bits per heavy atom. The first-order chi connectivity index (χ1) is 15.8. The lowest BCUT2D eigenvalue weighted by atomic mass is 10.1. The molecule has 0 atom stereocenters. The molecule has 4 rings (SSSR count). The maximum atomic E-state index is 13.0. The second kappa shape index (κ2) is 9.72. The lowest BCUT2D eigenvalue weighted by Gasteiger charge is -2.34. The molecule has 1 saturated heterocycles. The van der Waals surface area contributed by atoms with Crippen LogP contribution in [0.3, 0.4) is 0 Å². The van der Waals surface area contributed by atoms with Gasteiger partial charge in [-0.1, -0.05) is 24.3 Å². The van der Waals surface area contributed by atoms with Gasteiger partial charge in [-0.3, -0.25) is 14.3 Å². The molecular formula is C23H24N4O4S2. The van der Waals surface area contributed by atoms with Crippen LogP contribution in [0.25, 0.3) is 0 Å². The van der Waals surface area contributed by atoms with Crippen molar-refractivity contribution in [3.8, 4) is 0 Å². The summed E-state index contributed by atoms with van der Waals surface area (Å²) >= 11 is 1.48. The summed E-state index contributed by atoms with van der Waals surface area (Å²) in [5.74, 6) is -0.188. The number of anilines is 1. The minimum atomic E-state index is -3.75. The van der Waals surface area contributed by atoms with E-state index < -0.39 is 10.0 Å². The second-order valence-corrected chi connectivity index (χ2v) is 10.4. The number of carbonyl (C=O) groups is 2. The normalized spacial score (nSPS) is 14.2. The molecule has 3 aromatic rings. The summed E-state index contributed by atoms with van der Waals surface area (Å²) in [6.45, 7) is 3.64. The Hall–Kier alpha value is -3.24. The summed E-state index contributed by atoms with van der Waals surface area (Å²) in [7, 11) is -3.75. The zero-order chi connectivity index (χ0) is 23.4. The van der Waals surface area contributed by atoms with Crippen LogP contribution < -0.4 is 4.72 Å². The molecule has 1 aliphatic heterocycles. The second-order valence-electron chi connectivity index (χ2n) is 7.73. The number of carbonyl (C=O) groups excluding carboxylic acids is 2. The van der Waals surface area contributed by atoms with E-state index in [0.29, 0.717) is 37.4 Å². The van der Waals surface area contributed by atoms with Crippen molar-refractivity contribution >= 4 is 38.9 Å². The summed E-state index contributed by atoms with van der Waals surface area (Å²) in [4.78, 5) is 33.5. The van der Waals surface area contributed by atoms with Crippen LogP contribution in [0.15, 0.2) is 64.9 Å². The minimum absolute atomic E-state index is 0.00812. The van der Waals surface area contributed by atoms with Gasteiger partial charge in [0.1, 0.15) is 5.01 Å². The number of sulfonamides is 1. The summed E-state index contributed by atoms with van der Waals surface area (Å²) < 4.78 is 27.7. The van der Waals surface area contributed by atoms with E-state index in [-0.39, 0.29) is 23.1 Å². The van der Waals surface area contributed by atoms with Crippen molar-refractivity contribution in [2.24, 2.45) is 0 Å². The van der Waals surface area contributed by atoms with Crippen LogP contribution in [0.2, 0.25) is 0 Å². The van der Waals surface area contributed by atoms with Crippen molar-refractivity contribution in [2.75, 3.05) is 30.9 Å². The molecule has 10 heteroatoms. The van der Waals surface area contributed by atoms with Gasteiger partial charge in [0.2, 0.25) is 5.91 Å². The SMILES string of the molecule is Cc1csc(CC(=O)N2CCN(C(=O)c3cccc(NS(=O)(=O)c4ccccc4)c3)CC2)n1. The Bertz CT molecular complexity index is 1250. The molecule has 172 valence electrons. The van der Waals surface area contributed by atoms with Gasteiger partial charge in [-0.05, 0) is 37.3 Å². The molecular weight excluding hydrogens is 460 g/mol. The molecule has 2 aromatic carbocycles. The highest BCUT2D eigenvalue weighted by Gasteiger charge is 2.25. The number of benzene rings is 2. The highest BCUT2D eigenvalue weighted by Crippen LogP contribution is 2.19. The fourth-order valence-electron chi connectivity index (χ4n) is 3.60. The molecule has 0 spiro atoms. The number of hydrogen-bond acceptors (Lipinski definition) is 6. The maximum absolute atomic E-state index is 13.0.